The van der Waals surface area contributed by atoms with Gasteiger partial charge in [-0.25, -0.2) is 13.6 Å². The molecule has 0 aliphatic carbocycles. The van der Waals surface area contributed by atoms with Gasteiger partial charge >= 0.3 is 6.09 Å². The Balaban J connectivity index is 1.45. The molecule has 0 saturated carbocycles. The summed E-state index contributed by atoms with van der Waals surface area (Å²) in [5.41, 5.74) is 0.265. The largest absolute Gasteiger partial charge is 0.487 e. The first-order valence-electron chi connectivity index (χ1n) is 11.8. The first-order chi connectivity index (χ1) is 16.6. The number of halogens is 2. The molecule has 4 atom stereocenters. The summed E-state index contributed by atoms with van der Waals surface area (Å²) in [6.07, 6.45) is -0.387. The van der Waals surface area contributed by atoms with Gasteiger partial charge in [-0.1, -0.05) is 51.1 Å². The Morgan fingerprint density at radius 1 is 1.14 bits per heavy atom. The Bertz CT molecular complexity index is 1060. The van der Waals surface area contributed by atoms with Crippen molar-refractivity contribution in [2.75, 3.05) is 13.1 Å². The van der Waals surface area contributed by atoms with Crippen LogP contribution in [0.15, 0.2) is 48.5 Å². The number of amides is 2. The molecule has 2 fully saturated rings. The van der Waals surface area contributed by atoms with Crippen LogP contribution in [0.3, 0.4) is 0 Å². The first kappa shape index (κ1) is 24.9. The minimum absolute atomic E-state index is 0.0138. The Kier molecular flexibility index (Phi) is 7.25. The minimum Gasteiger partial charge on any atom is -0.487 e. The van der Waals surface area contributed by atoms with Crippen molar-refractivity contribution in [1.29, 1.82) is 0 Å². The van der Waals surface area contributed by atoms with Crippen molar-refractivity contribution in [2.24, 2.45) is 5.41 Å². The number of likely N-dealkylation sites (tertiary alicyclic amines) is 1. The third-order valence-electron chi connectivity index (χ3n) is 6.46. The molecule has 35 heavy (non-hydrogen) atoms. The molecule has 2 heterocycles. The lowest BCUT2D eigenvalue weighted by molar-refractivity contribution is -0.138. The van der Waals surface area contributed by atoms with Crippen LogP contribution in [0.1, 0.15) is 32.8 Å². The van der Waals surface area contributed by atoms with E-state index < -0.39 is 35.3 Å². The third kappa shape index (κ3) is 5.73. The minimum atomic E-state index is -0.990. The van der Waals surface area contributed by atoms with Crippen LogP contribution < -0.4 is 15.4 Å². The van der Waals surface area contributed by atoms with E-state index in [4.69, 9.17) is 9.47 Å². The molecule has 2 saturated heterocycles. The van der Waals surface area contributed by atoms with Gasteiger partial charge in [0.15, 0.2) is 11.6 Å². The molecule has 1 unspecified atom stereocenters. The summed E-state index contributed by atoms with van der Waals surface area (Å²) in [6.45, 7) is 6.69. The summed E-state index contributed by atoms with van der Waals surface area (Å²) in [4.78, 5) is 28.0. The van der Waals surface area contributed by atoms with Gasteiger partial charge in [-0.05, 0) is 29.5 Å². The van der Waals surface area contributed by atoms with Crippen LogP contribution in [0, 0.1) is 17.0 Å². The van der Waals surface area contributed by atoms with Gasteiger partial charge in [0.25, 0.3) is 0 Å². The van der Waals surface area contributed by atoms with E-state index in [1.165, 1.54) is 6.07 Å². The molecule has 2 aromatic rings. The summed E-state index contributed by atoms with van der Waals surface area (Å²) in [6, 6.07) is 11.6. The molecular weight excluding hydrogens is 456 g/mol. The molecule has 2 aliphatic rings. The molecule has 0 aromatic heterocycles. The molecule has 188 valence electrons. The number of benzene rings is 2. The van der Waals surface area contributed by atoms with E-state index in [1.807, 2.05) is 51.1 Å². The van der Waals surface area contributed by atoms with Crippen LogP contribution in [0.2, 0.25) is 0 Å². The zero-order chi connectivity index (χ0) is 25.2. The molecule has 2 aliphatic heterocycles. The number of carbonyl (C=O) groups excluding carboxylic acids is 2. The number of carbonyl (C=O) groups is 2. The molecule has 2 N–H and O–H groups in total. The van der Waals surface area contributed by atoms with Gasteiger partial charge in [-0.2, -0.15) is 0 Å². The van der Waals surface area contributed by atoms with Crippen LogP contribution in [0.25, 0.3) is 0 Å². The fourth-order valence-corrected chi connectivity index (χ4v) is 4.68. The highest BCUT2D eigenvalue weighted by molar-refractivity contribution is 5.87. The van der Waals surface area contributed by atoms with Crippen molar-refractivity contribution in [2.45, 2.75) is 58.0 Å². The summed E-state index contributed by atoms with van der Waals surface area (Å²) in [5.74, 6) is -1.97. The van der Waals surface area contributed by atoms with Gasteiger partial charge in [0.05, 0.1) is 6.04 Å². The van der Waals surface area contributed by atoms with Crippen molar-refractivity contribution >= 4 is 12.0 Å². The third-order valence-corrected chi connectivity index (χ3v) is 6.46. The molecular formula is C26H31F2N3O4. The van der Waals surface area contributed by atoms with Crippen LogP contribution in [-0.2, 0) is 16.1 Å². The highest BCUT2D eigenvalue weighted by atomic mass is 19.2. The Morgan fingerprint density at radius 3 is 2.57 bits per heavy atom. The van der Waals surface area contributed by atoms with Crippen molar-refractivity contribution in [3.63, 3.8) is 0 Å². The maximum atomic E-state index is 13.7. The van der Waals surface area contributed by atoms with Crippen LogP contribution >= 0.6 is 0 Å². The highest BCUT2D eigenvalue weighted by Gasteiger charge is 2.50. The van der Waals surface area contributed by atoms with E-state index in [-0.39, 0.29) is 30.3 Å². The lowest BCUT2D eigenvalue weighted by Crippen LogP contribution is -2.58. The zero-order valence-electron chi connectivity index (χ0n) is 20.1. The van der Waals surface area contributed by atoms with Crippen molar-refractivity contribution < 1.29 is 27.8 Å². The SMILES string of the molecule is CC(C)(C)C(NC(=O)OCc1ccccc1)C(=O)N1CC[C@H]2NC[C@H](Oc3ccc(F)c(F)c3)[C@H]21. The molecule has 0 radical (unpaired) electrons. The number of ether oxygens (including phenoxy) is 2. The monoisotopic (exact) mass is 487 g/mol. The second kappa shape index (κ2) is 10.2. The Hall–Kier alpha value is -3.20. The number of fused-ring (bicyclic) bond motifs is 1. The molecule has 7 nitrogen and oxygen atoms in total. The second-order valence-electron chi connectivity index (χ2n) is 10.1. The average molecular weight is 488 g/mol. The zero-order valence-corrected chi connectivity index (χ0v) is 20.1. The summed E-state index contributed by atoms with van der Waals surface area (Å²) in [7, 11) is 0. The van der Waals surface area contributed by atoms with E-state index >= 15 is 0 Å². The van der Waals surface area contributed by atoms with Crippen LogP contribution in [0.5, 0.6) is 5.75 Å². The van der Waals surface area contributed by atoms with Gasteiger partial charge in [-0.15, -0.1) is 0 Å². The summed E-state index contributed by atoms with van der Waals surface area (Å²) >= 11 is 0. The van der Waals surface area contributed by atoms with Crippen molar-refractivity contribution in [3.8, 4) is 5.75 Å². The average Bonchev–Trinajstić information content (AvgIpc) is 3.41. The molecule has 0 spiro atoms. The van der Waals surface area contributed by atoms with Gasteiger partial charge < -0.3 is 25.0 Å². The lowest BCUT2D eigenvalue weighted by atomic mass is 9.85. The van der Waals surface area contributed by atoms with E-state index in [0.717, 1.165) is 24.1 Å². The number of rotatable bonds is 6. The summed E-state index contributed by atoms with van der Waals surface area (Å²) < 4.78 is 38.3. The van der Waals surface area contributed by atoms with Gasteiger partial charge in [0.1, 0.15) is 24.5 Å². The molecule has 4 rings (SSSR count). The fourth-order valence-electron chi connectivity index (χ4n) is 4.68. The highest BCUT2D eigenvalue weighted by Crippen LogP contribution is 2.32. The van der Waals surface area contributed by atoms with Gasteiger partial charge in [0.2, 0.25) is 5.91 Å². The number of nitrogens with one attached hydrogen (secondary N) is 2. The predicted octanol–water partition coefficient (Wildman–Crippen LogP) is 3.63. The second-order valence-corrected chi connectivity index (χ2v) is 10.1. The maximum absolute atomic E-state index is 13.7. The van der Waals surface area contributed by atoms with E-state index in [2.05, 4.69) is 10.6 Å². The lowest BCUT2D eigenvalue weighted by Gasteiger charge is -2.36. The number of nitrogens with zero attached hydrogens (tertiary/aromatic N) is 1. The van der Waals surface area contributed by atoms with E-state index in [9.17, 15) is 18.4 Å². The van der Waals surface area contributed by atoms with Crippen molar-refractivity contribution in [3.05, 3.63) is 65.7 Å². The maximum Gasteiger partial charge on any atom is 0.408 e. The van der Waals surface area contributed by atoms with E-state index in [1.54, 1.807) is 4.90 Å². The summed E-state index contributed by atoms with van der Waals surface area (Å²) in [5, 5.41) is 6.12. The molecule has 2 amide bonds. The number of alkyl carbamates (subject to hydrolysis) is 1. The standard InChI is InChI=1S/C26H31F2N3O4/c1-26(2,3)23(30-25(33)34-15-16-7-5-4-6-8-16)24(32)31-12-11-20-22(31)21(14-29-20)35-17-9-10-18(27)19(28)13-17/h4-10,13,20-23,29H,11-12,14-15H2,1-3H3,(H,30,33)/t20-,21+,22+,23?/m1/s1. The van der Waals surface area contributed by atoms with Crippen molar-refractivity contribution in [1.82, 2.24) is 15.5 Å². The normalized spacial score (nSPS) is 22.4. The topological polar surface area (TPSA) is 79.9 Å². The predicted molar refractivity (Wildman–Crippen MR) is 126 cm³/mol. The van der Waals surface area contributed by atoms with E-state index in [0.29, 0.717) is 13.1 Å². The van der Waals surface area contributed by atoms with Crippen LogP contribution in [-0.4, -0.2) is 54.2 Å². The first-order valence-corrected chi connectivity index (χ1v) is 11.8. The fraction of sp³-hybridized carbons (Fsp3) is 0.462. The molecule has 2 aromatic carbocycles. The number of hydrogen-bond acceptors (Lipinski definition) is 5. The quantitative estimate of drug-likeness (QED) is 0.651. The Morgan fingerprint density at radius 2 is 1.89 bits per heavy atom. The smallest absolute Gasteiger partial charge is 0.408 e. The van der Waals surface area contributed by atoms with Crippen LogP contribution in [0.4, 0.5) is 13.6 Å². The van der Waals surface area contributed by atoms with Gasteiger partial charge in [-0.3, -0.25) is 4.79 Å². The molecule has 9 heteroatoms. The van der Waals surface area contributed by atoms with Gasteiger partial charge in [0, 0.05) is 25.2 Å². The number of hydrogen-bond donors (Lipinski definition) is 2. The molecule has 0 bridgehead atoms. The Labute approximate surface area is 203 Å².